The second-order valence-corrected chi connectivity index (χ2v) is 10.5. The molecule has 0 spiro atoms. The second-order valence-electron chi connectivity index (χ2n) is 10.5. The van der Waals surface area contributed by atoms with Crippen molar-refractivity contribution < 1.29 is 0 Å². The summed E-state index contributed by atoms with van der Waals surface area (Å²) in [6.45, 7) is 24.0. The first-order chi connectivity index (χ1) is 29.9. The van der Waals surface area contributed by atoms with E-state index in [1.807, 2.05) is 192 Å². The highest BCUT2D eigenvalue weighted by Crippen LogP contribution is 2.13. The Kier molecular flexibility index (Phi) is 47.3. The first kappa shape index (κ1) is 58.1. The van der Waals surface area contributed by atoms with Gasteiger partial charge in [0, 0.05) is 0 Å². The molecule has 0 saturated carbocycles. The fourth-order valence-corrected chi connectivity index (χ4v) is 4.55. The van der Waals surface area contributed by atoms with Crippen molar-refractivity contribution in [1.82, 2.24) is 0 Å². The molecule has 0 unspecified atom stereocenters. The van der Waals surface area contributed by atoms with Crippen LogP contribution in [-0.4, -0.2) is 0 Å². The molecule has 318 valence electrons. The number of benzene rings is 9. The summed E-state index contributed by atoms with van der Waals surface area (Å²) in [5.74, 6) is 0. The fraction of sp³-hybridized carbons (Fsp3) is 0.200. The van der Waals surface area contributed by atoms with Crippen molar-refractivity contribution in [2.75, 3.05) is 0 Å². The SMILES string of the molecule is CC.CC.CC.CC.CC.CC.c1ccc2ccccc2c1.c1ccc2ccccc2c1.c1ccc2ccccc2c1.c1ccccc1.c1ccccc1.c1ccccc1. The third-order valence-corrected chi connectivity index (χ3v) is 6.98. The van der Waals surface area contributed by atoms with Crippen LogP contribution in [0.5, 0.6) is 0 Å². The molecule has 0 aromatic heterocycles. The molecule has 0 nitrogen and oxygen atoms in total. The first-order valence-electron chi connectivity index (χ1n) is 22.2. The van der Waals surface area contributed by atoms with E-state index in [4.69, 9.17) is 0 Å². The van der Waals surface area contributed by atoms with Crippen molar-refractivity contribution in [3.05, 3.63) is 255 Å². The molecule has 9 aromatic carbocycles. The molecule has 0 saturated heterocycles. The van der Waals surface area contributed by atoms with Crippen LogP contribution in [0.2, 0.25) is 0 Å². The summed E-state index contributed by atoms with van der Waals surface area (Å²) in [5, 5.41) is 7.86. The lowest BCUT2D eigenvalue weighted by molar-refractivity contribution is 1.50. The smallest absolute Gasteiger partial charge is 0.0184 e. The molecule has 0 aliphatic heterocycles. The summed E-state index contributed by atoms with van der Waals surface area (Å²) in [6.07, 6.45) is 0. The Labute approximate surface area is 368 Å². The maximum atomic E-state index is 2.12. The lowest BCUT2D eigenvalue weighted by Gasteiger charge is -1.92. The van der Waals surface area contributed by atoms with E-state index in [-0.39, 0.29) is 0 Å². The molecule has 9 rings (SSSR count). The Hall–Kier alpha value is -6.24. The van der Waals surface area contributed by atoms with Crippen LogP contribution >= 0.6 is 0 Å². The predicted molar refractivity (Wildman–Crippen MR) is 279 cm³/mol. The van der Waals surface area contributed by atoms with Gasteiger partial charge in [0.25, 0.3) is 0 Å². The van der Waals surface area contributed by atoms with Crippen molar-refractivity contribution in [2.24, 2.45) is 0 Å². The van der Waals surface area contributed by atoms with E-state index in [1.54, 1.807) is 0 Å². The number of hydrogen-bond donors (Lipinski definition) is 0. The van der Waals surface area contributed by atoms with Gasteiger partial charge in [-0.05, 0) is 32.3 Å². The van der Waals surface area contributed by atoms with Gasteiger partial charge in [-0.2, -0.15) is 0 Å². The highest BCUT2D eigenvalue weighted by molar-refractivity contribution is 5.83. The molecule has 0 radical (unpaired) electrons. The quantitative estimate of drug-likeness (QED) is 0.143. The van der Waals surface area contributed by atoms with Gasteiger partial charge in [-0.25, -0.2) is 0 Å². The average Bonchev–Trinajstić information content (AvgIpc) is 3.40. The van der Waals surface area contributed by atoms with Crippen LogP contribution in [0.3, 0.4) is 0 Å². The van der Waals surface area contributed by atoms with Gasteiger partial charge in [0.1, 0.15) is 0 Å². The highest BCUT2D eigenvalue weighted by atomic mass is 13.9. The van der Waals surface area contributed by atoms with E-state index < -0.39 is 0 Å². The topological polar surface area (TPSA) is 0 Å². The molecule has 0 aliphatic carbocycles. The van der Waals surface area contributed by atoms with E-state index in [2.05, 4.69) is 146 Å². The molecule has 0 fully saturated rings. The molecule has 9 aromatic rings. The summed E-state index contributed by atoms with van der Waals surface area (Å²) in [4.78, 5) is 0. The molecular weight excluding hydrogens is 721 g/mol. The molecule has 0 amide bonds. The Morgan fingerprint density at radius 1 is 0.117 bits per heavy atom. The van der Waals surface area contributed by atoms with E-state index >= 15 is 0 Å². The van der Waals surface area contributed by atoms with E-state index in [0.29, 0.717) is 0 Å². The number of rotatable bonds is 0. The summed E-state index contributed by atoms with van der Waals surface area (Å²) in [6, 6.07) is 86.1. The van der Waals surface area contributed by atoms with Crippen LogP contribution < -0.4 is 0 Å². The van der Waals surface area contributed by atoms with Gasteiger partial charge in [0.05, 0.1) is 0 Å². The van der Waals surface area contributed by atoms with Crippen molar-refractivity contribution in [3.63, 3.8) is 0 Å². The Morgan fingerprint density at radius 3 is 0.250 bits per heavy atom. The molecule has 0 aliphatic rings. The normalized spacial score (nSPS) is 8.00. The highest BCUT2D eigenvalue weighted by Gasteiger charge is 1.87. The van der Waals surface area contributed by atoms with E-state index in [1.165, 1.54) is 32.3 Å². The lowest BCUT2D eigenvalue weighted by atomic mass is 10.1. The van der Waals surface area contributed by atoms with Gasteiger partial charge >= 0.3 is 0 Å². The molecule has 0 atom stereocenters. The molecule has 0 heteroatoms. The standard InChI is InChI=1S/3C10H8.3C6H6.6C2H6/c3*1-2-6-10-8-4-3-7-9(10)5-1;3*1-2-4-6-5-3-1;6*1-2/h3*1-8H;3*1-6H;6*1-2H3. The van der Waals surface area contributed by atoms with Gasteiger partial charge in [0.2, 0.25) is 0 Å². The number of hydrogen-bond acceptors (Lipinski definition) is 0. The Bertz CT molecular complexity index is 1550. The zero-order valence-corrected chi connectivity index (χ0v) is 39.2. The Morgan fingerprint density at radius 2 is 0.183 bits per heavy atom. The zero-order valence-electron chi connectivity index (χ0n) is 39.2. The minimum atomic E-state index is 1.31. The lowest BCUT2D eigenvalue weighted by Crippen LogP contribution is -1.67. The number of fused-ring (bicyclic) bond motifs is 3. The van der Waals surface area contributed by atoms with Crippen LogP contribution in [0.15, 0.2) is 255 Å². The van der Waals surface area contributed by atoms with Crippen molar-refractivity contribution in [1.29, 1.82) is 0 Å². The monoisotopic (exact) mass is 799 g/mol. The van der Waals surface area contributed by atoms with Gasteiger partial charge < -0.3 is 0 Å². The summed E-state index contributed by atoms with van der Waals surface area (Å²) in [7, 11) is 0. The minimum Gasteiger partial charge on any atom is -0.0683 e. The maximum absolute atomic E-state index is 2.12. The predicted octanol–water partition coefficient (Wildman–Crippen LogP) is 19.7. The van der Waals surface area contributed by atoms with Crippen LogP contribution in [0.4, 0.5) is 0 Å². The van der Waals surface area contributed by atoms with Gasteiger partial charge in [0.15, 0.2) is 0 Å². The van der Waals surface area contributed by atoms with Crippen LogP contribution in [0.25, 0.3) is 32.3 Å². The largest absolute Gasteiger partial charge is 0.0683 e. The van der Waals surface area contributed by atoms with E-state index in [0.717, 1.165) is 0 Å². The van der Waals surface area contributed by atoms with Crippen molar-refractivity contribution in [2.45, 2.75) is 83.1 Å². The summed E-state index contributed by atoms with van der Waals surface area (Å²) in [5.41, 5.74) is 0. The first-order valence-corrected chi connectivity index (χ1v) is 22.2. The average molecular weight is 799 g/mol. The molecule has 0 bridgehead atoms. The van der Waals surface area contributed by atoms with Crippen LogP contribution in [0.1, 0.15) is 83.1 Å². The maximum Gasteiger partial charge on any atom is -0.0184 e. The molecule has 60 heavy (non-hydrogen) atoms. The van der Waals surface area contributed by atoms with Gasteiger partial charge in [-0.3, -0.25) is 0 Å². The summed E-state index contributed by atoms with van der Waals surface area (Å²) < 4.78 is 0. The van der Waals surface area contributed by atoms with Gasteiger partial charge in [-0.1, -0.05) is 338 Å². The van der Waals surface area contributed by atoms with Gasteiger partial charge in [-0.15, -0.1) is 0 Å². The van der Waals surface area contributed by atoms with Crippen molar-refractivity contribution >= 4 is 32.3 Å². The van der Waals surface area contributed by atoms with Crippen LogP contribution in [-0.2, 0) is 0 Å². The third kappa shape index (κ3) is 30.8. The Balaban J connectivity index is -0.000000625. The zero-order chi connectivity index (χ0) is 45.2. The molecular formula is C60H78. The third-order valence-electron chi connectivity index (χ3n) is 6.98. The minimum absolute atomic E-state index is 1.31. The fourth-order valence-electron chi connectivity index (χ4n) is 4.55. The van der Waals surface area contributed by atoms with E-state index in [9.17, 15) is 0 Å². The van der Waals surface area contributed by atoms with Crippen molar-refractivity contribution in [3.8, 4) is 0 Å². The second kappa shape index (κ2) is 48.9. The molecule has 0 N–H and O–H groups in total. The summed E-state index contributed by atoms with van der Waals surface area (Å²) >= 11 is 0. The molecule has 0 heterocycles. The van der Waals surface area contributed by atoms with Crippen LogP contribution in [0, 0.1) is 0 Å².